The van der Waals surface area contributed by atoms with E-state index in [1.165, 1.54) is 6.92 Å². The van der Waals surface area contributed by atoms with Gasteiger partial charge < -0.3 is 14.8 Å². The van der Waals surface area contributed by atoms with Crippen LogP contribution in [-0.2, 0) is 16.1 Å². The predicted molar refractivity (Wildman–Crippen MR) is 94.6 cm³/mol. The van der Waals surface area contributed by atoms with Gasteiger partial charge in [0.25, 0.3) is 0 Å². The molecule has 2 N–H and O–H groups in total. The molecule has 1 atom stereocenters. The fraction of sp³-hybridized carbons (Fsp3) is 0.412. The van der Waals surface area contributed by atoms with Crippen molar-refractivity contribution >= 4 is 17.8 Å². The molecule has 0 aliphatic rings. The Balaban J connectivity index is 1.88. The highest BCUT2D eigenvalue weighted by Crippen LogP contribution is 2.18. The number of nitrogens with one attached hydrogen (secondary N) is 2. The summed E-state index contributed by atoms with van der Waals surface area (Å²) in [5.74, 6) is 1.71. The molecule has 0 saturated heterocycles. The minimum Gasteiger partial charge on any atom is -0.496 e. The van der Waals surface area contributed by atoms with Crippen molar-refractivity contribution < 1.29 is 14.3 Å². The van der Waals surface area contributed by atoms with Crippen LogP contribution in [0.15, 0.2) is 24.3 Å². The Morgan fingerprint density at radius 2 is 1.92 bits per heavy atom. The second kappa shape index (κ2) is 8.93. The summed E-state index contributed by atoms with van der Waals surface area (Å²) < 4.78 is 11.0. The fourth-order valence-electron chi connectivity index (χ4n) is 2.19. The van der Waals surface area contributed by atoms with E-state index in [-0.39, 0.29) is 17.9 Å². The van der Waals surface area contributed by atoms with Crippen molar-refractivity contribution in [2.75, 3.05) is 24.4 Å². The van der Waals surface area contributed by atoms with Crippen LogP contribution in [0.2, 0.25) is 0 Å². The molecule has 1 aromatic carbocycles. The zero-order valence-electron chi connectivity index (χ0n) is 14.9. The molecule has 2 rings (SSSR count). The second-order valence-electron chi connectivity index (χ2n) is 5.58. The average Bonchev–Trinajstić information content (AvgIpc) is 2.54. The standard InChI is InChI=1S/C17H23N5O3/c1-11(9-25-10-14-7-5-6-8-15(14)24-4)18-16-19-12(2)20-17(22-16)21-13(3)23/h5-8,11H,9-10H2,1-4H3,(H2,18,19,20,21,22,23). The van der Waals surface area contributed by atoms with Gasteiger partial charge in [-0.15, -0.1) is 0 Å². The van der Waals surface area contributed by atoms with Gasteiger partial charge in [-0.3, -0.25) is 10.1 Å². The predicted octanol–water partition coefficient (Wildman–Crippen LogP) is 2.16. The molecule has 0 aliphatic carbocycles. The maximum atomic E-state index is 11.1. The molecule has 1 amide bonds. The Bertz CT molecular complexity index is 723. The monoisotopic (exact) mass is 345 g/mol. The van der Waals surface area contributed by atoms with Crippen LogP contribution in [0.1, 0.15) is 25.2 Å². The van der Waals surface area contributed by atoms with E-state index < -0.39 is 0 Å². The van der Waals surface area contributed by atoms with Crippen LogP contribution in [0.3, 0.4) is 0 Å². The molecule has 1 heterocycles. The number of rotatable bonds is 8. The first-order valence-corrected chi connectivity index (χ1v) is 7.94. The van der Waals surface area contributed by atoms with Gasteiger partial charge in [0.2, 0.25) is 17.8 Å². The summed E-state index contributed by atoms with van der Waals surface area (Å²) in [6, 6.07) is 7.70. The first-order chi connectivity index (χ1) is 12.0. The number of methoxy groups -OCH3 is 1. The number of hydrogen-bond donors (Lipinski definition) is 2. The highest BCUT2D eigenvalue weighted by atomic mass is 16.5. The SMILES string of the molecule is COc1ccccc1COCC(C)Nc1nc(C)nc(NC(C)=O)n1. The van der Waals surface area contributed by atoms with Crippen molar-refractivity contribution in [1.29, 1.82) is 0 Å². The number of carbonyl (C=O) groups excluding carboxylic acids is 1. The molecule has 2 aromatic rings. The smallest absolute Gasteiger partial charge is 0.234 e. The van der Waals surface area contributed by atoms with Gasteiger partial charge in [-0.05, 0) is 19.9 Å². The number of nitrogens with zero attached hydrogens (tertiary/aromatic N) is 3. The number of ether oxygens (including phenoxy) is 2. The first-order valence-electron chi connectivity index (χ1n) is 7.94. The van der Waals surface area contributed by atoms with E-state index in [2.05, 4.69) is 25.6 Å². The molecule has 0 bridgehead atoms. The van der Waals surface area contributed by atoms with Gasteiger partial charge in [0.1, 0.15) is 11.6 Å². The number of carbonyl (C=O) groups is 1. The molecule has 0 saturated carbocycles. The third-order valence-electron chi connectivity index (χ3n) is 3.23. The Morgan fingerprint density at radius 3 is 2.64 bits per heavy atom. The minimum atomic E-state index is -0.232. The molecule has 0 fully saturated rings. The Labute approximate surface area is 147 Å². The zero-order chi connectivity index (χ0) is 18.2. The Morgan fingerprint density at radius 1 is 1.20 bits per heavy atom. The number of anilines is 2. The van der Waals surface area contributed by atoms with Crippen LogP contribution >= 0.6 is 0 Å². The van der Waals surface area contributed by atoms with Crippen molar-refractivity contribution in [1.82, 2.24) is 15.0 Å². The van der Waals surface area contributed by atoms with Crippen LogP contribution in [0.25, 0.3) is 0 Å². The summed E-state index contributed by atoms with van der Waals surface area (Å²) in [5, 5.41) is 5.69. The molecule has 134 valence electrons. The van der Waals surface area contributed by atoms with Gasteiger partial charge in [0, 0.05) is 18.5 Å². The van der Waals surface area contributed by atoms with Gasteiger partial charge in [-0.25, -0.2) is 0 Å². The van der Waals surface area contributed by atoms with Crippen molar-refractivity contribution in [3.63, 3.8) is 0 Å². The minimum absolute atomic E-state index is 0.0262. The number of aromatic nitrogens is 3. The first kappa shape index (κ1) is 18.6. The fourth-order valence-corrected chi connectivity index (χ4v) is 2.19. The average molecular weight is 345 g/mol. The van der Waals surface area contributed by atoms with Gasteiger partial charge >= 0.3 is 0 Å². The summed E-state index contributed by atoms with van der Waals surface area (Å²) in [4.78, 5) is 23.6. The molecular formula is C17H23N5O3. The van der Waals surface area contributed by atoms with E-state index in [9.17, 15) is 4.79 Å². The lowest BCUT2D eigenvalue weighted by Crippen LogP contribution is -2.24. The van der Waals surface area contributed by atoms with E-state index in [1.807, 2.05) is 31.2 Å². The van der Waals surface area contributed by atoms with E-state index >= 15 is 0 Å². The lowest BCUT2D eigenvalue weighted by atomic mass is 10.2. The van der Waals surface area contributed by atoms with Gasteiger partial charge in [-0.2, -0.15) is 15.0 Å². The summed E-state index contributed by atoms with van der Waals surface area (Å²) in [6.45, 7) is 6.00. The lowest BCUT2D eigenvalue weighted by molar-refractivity contribution is -0.114. The largest absolute Gasteiger partial charge is 0.496 e. The summed E-state index contributed by atoms with van der Waals surface area (Å²) in [7, 11) is 1.64. The van der Waals surface area contributed by atoms with Crippen molar-refractivity contribution in [3.05, 3.63) is 35.7 Å². The van der Waals surface area contributed by atoms with Gasteiger partial charge in [0.15, 0.2) is 0 Å². The lowest BCUT2D eigenvalue weighted by Gasteiger charge is -2.15. The zero-order valence-corrected chi connectivity index (χ0v) is 14.9. The van der Waals surface area contributed by atoms with Crippen LogP contribution < -0.4 is 15.4 Å². The molecule has 0 radical (unpaired) electrons. The quantitative estimate of drug-likeness (QED) is 0.756. The van der Waals surface area contributed by atoms with Crippen LogP contribution in [0.4, 0.5) is 11.9 Å². The van der Waals surface area contributed by atoms with Crippen LogP contribution in [0, 0.1) is 6.92 Å². The maximum absolute atomic E-state index is 11.1. The topological polar surface area (TPSA) is 98.3 Å². The molecule has 1 aromatic heterocycles. The normalized spacial score (nSPS) is 11.7. The summed E-state index contributed by atoms with van der Waals surface area (Å²) in [5.41, 5.74) is 0.987. The number of amides is 1. The third-order valence-corrected chi connectivity index (χ3v) is 3.23. The molecule has 25 heavy (non-hydrogen) atoms. The molecule has 8 heteroatoms. The van der Waals surface area contributed by atoms with Crippen molar-refractivity contribution in [2.45, 2.75) is 33.4 Å². The van der Waals surface area contributed by atoms with Crippen molar-refractivity contribution in [2.24, 2.45) is 0 Å². The number of para-hydroxylation sites is 1. The van der Waals surface area contributed by atoms with Crippen molar-refractivity contribution in [3.8, 4) is 5.75 Å². The maximum Gasteiger partial charge on any atom is 0.234 e. The third kappa shape index (κ3) is 6.00. The highest BCUT2D eigenvalue weighted by molar-refractivity contribution is 5.86. The summed E-state index contributed by atoms with van der Waals surface area (Å²) in [6.07, 6.45) is 0. The Hall–Kier alpha value is -2.74. The molecular weight excluding hydrogens is 322 g/mol. The Kier molecular flexibility index (Phi) is 6.64. The summed E-state index contributed by atoms with van der Waals surface area (Å²) >= 11 is 0. The number of aryl methyl sites for hydroxylation is 1. The van der Waals surface area contributed by atoms with Crippen LogP contribution in [0.5, 0.6) is 5.75 Å². The molecule has 8 nitrogen and oxygen atoms in total. The van der Waals surface area contributed by atoms with Gasteiger partial charge in [-0.1, -0.05) is 18.2 Å². The van der Waals surface area contributed by atoms with E-state index in [0.717, 1.165) is 11.3 Å². The van der Waals surface area contributed by atoms with E-state index in [1.54, 1.807) is 14.0 Å². The van der Waals surface area contributed by atoms with Crippen LogP contribution in [-0.4, -0.2) is 40.6 Å². The van der Waals surface area contributed by atoms with E-state index in [4.69, 9.17) is 9.47 Å². The second-order valence-corrected chi connectivity index (χ2v) is 5.58. The van der Waals surface area contributed by atoms with E-state index in [0.29, 0.717) is 25.0 Å². The molecule has 1 unspecified atom stereocenters. The highest BCUT2D eigenvalue weighted by Gasteiger charge is 2.09. The number of benzene rings is 1. The van der Waals surface area contributed by atoms with Gasteiger partial charge in [0.05, 0.1) is 20.3 Å². The number of hydrogen-bond acceptors (Lipinski definition) is 7. The molecule has 0 aliphatic heterocycles. The molecule has 0 spiro atoms.